The quantitative estimate of drug-likeness (QED) is 0.422. The molecule has 10 heteroatoms. The minimum absolute atomic E-state index is 0.156. The fraction of sp³-hybridized carbons (Fsp3) is 0.367. The SMILES string of the molecule is C=C(N)/C=C\C(C#Cc1c(CC)ncnc1-c1cc(F)c(C(=O)N2CCC(N3CCOCC3)CC2)c(F)c1)=C/N. The Labute approximate surface area is 233 Å². The van der Waals surface area contributed by atoms with Crippen molar-refractivity contribution in [3.05, 3.63) is 83.1 Å². The van der Waals surface area contributed by atoms with Crippen LogP contribution in [0.25, 0.3) is 11.3 Å². The first-order valence-electron chi connectivity index (χ1n) is 13.3. The summed E-state index contributed by atoms with van der Waals surface area (Å²) in [6, 6.07) is 2.60. The molecule has 4 N–H and O–H groups in total. The monoisotopic (exact) mass is 548 g/mol. The molecular weight excluding hydrogens is 514 g/mol. The van der Waals surface area contributed by atoms with Gasteiger partial charge in [-0.2, -0.15) is 0 Å². The minimum atomic E-state index is -0.946. The maximum Gasteiger partial charge on any atom is 0.259 e. The van der Waals surface area contributed by atoms with Crippen LogP contribution in [-0.2, 0) is 11.2 Å². The number of hydrogen-bond acceptors (Lipinski definition) is 7. The molecule has 1 aromatic heterocycles. The van der Waals surface area contributed by atoms with Gasteiger partial charge in [0.2, 0.25) is 0 Å². The number of halogens is 2. The molecule has 0 atom stereocenters. The lowest BCUT2D eigenvalue weighted by Crippen LogP contribution is -2.50. The molecule has 1 amide bonds. The van der Waals surface area contributed by atoms with E-state index in [1.807, 2.05) is 6.92 Å². The Balaban J connectivity index is 1.59. The first kappa shape index (κ1) is 28.9. The summed E-state index contributed by atoms with van der Waals surface area (Å²) in [5.74, 6) is 3.37. The summed E-state index contributed by atoms with van der Waals surface area (Å²) in [5, 5.41) is 0. The van der Waals surface area contributed by atoms with Crippen molar-refractivity contribution in [2.45, 2.75) is 32.2 Å². The summed E-state index contributed by atoms with van der Waals surface area (Å²) < 4.78 is 36.2. The van der Waals surface area contributed by atoms with Crippen LogP contribution in [0.4, 0.5) is 8.78 Å². The second-order valence-electron chi connectivity index (χ2n) is 9.66. The third-order valence-electron chi connectivity index (χ3n) is 7.09. The maximum absolute atomic E-state index is 15.4. The van der Waals surface area contributed by atoms with E-state index in [-0.39, 0.29) is 11.3 Å². The number of piperidine rings is 1. The van der Waals surface area contributed by atoms with Gasteiger partial charge < -0.3 is 21.1 Å². The van der Waals surface area contributed by atoms with E-state index in [1.54, 1.807) is 12.2 Å². The molecule has 210 valence electrons. The number of likely N-dealkylation sites (tertiary alicyclic amines) is 1. The molecule has 0 spiro atoms. The molecule has 1 aromatic carbocycles. The molecule has 40 heavy (non-hydrogen) atoms. The van der Waals surface area contributed by atoms with Gasteiger partial charge in [-0.05, 0) is 43.5 Å². The van der Waals surface area contributed by atoms with E-state index in [2.05, 4.69) is 33.3 Å². The smallest absolute Gasteiger partial charge is 0.259 e. The molecule has 2 saturated heterocycles. The van der Waals surface area contributed by atoms with Crippen molar-refractivity contribution in [2.75, 3.05) is 39.4 Å². The highest BCUT2D eigenvalue weighted by atomic mass is 19.1. The number of morpholine rings is 1. The van der Waals surface area contributed by atoms with Gasteiger partial charge in [0, 0.05) is 55.3 Å². The van der Waals surface area contributed by atoms with Crippen LogP contribution in [0.1, 0.15) is 41.4 Å². The van der Waals surface area contributed by atoms with Crippen molar-refractivity contribution in [2.24, 2.45) is 11.5 Å². The Bertz CT molecular complexity index is 1360. The summed E-state index contributed by atoms with van der Waals surface area (Å²) in [5.41, 5.74) is 12.9. The molecule has 0 bridgehead atoms. The average Bonchev–Trinajstić information content (AvgIpc) is 2.97. The Kier molecular flexibility index (Phi) is 9.64. The number of hydrogen-bond donors (Lipinski definition) is 2. The molecule has 2 aliphatic rings. The Morgan fingerprint density at radius 3 is 2.42 bits per heavy atom. The van der Waals surface area contributed by atoms with Gasteiger partial charge in [0.05, 0.1) is 30.2 Å². The Morgan fingerprint density at radius 2 is 1.82 bits per heavy atom. The van der Waals surface area contributed by atoms with Crippen molar-refractivity contribution in [3.8, 4) is 23.1 Å². The van der Waals surface area contributed by atoms with Crippen LogP contribution in [0.15, 0.2) is 54.7 Å². The maximum atomic E-state index is 15.4. The fourth-order valence-electron chi connectivity index (χ4n) is 4.96. The number of aromatic nitrogens is 2. The lowest BCUT2D eigenvalue weighted by molar-refractivity contribution is 0.00149. The summed E-state index contributed by atoms with van der Waals surface area (Å²) in [7, 11) is 0. The van der Waals surface area contributed by atoms with Gasteiger partial charge >= 0.3 is 0 Å². The summed E-state index contributed by atoms with van der Waals surface area (Å²) in [4.78, 5) is 25.6. The van der Waals surface area contributed by atoms with Gasteiger partial charge in [0.15, 0.2) is 0 Å². The molecule has 0 saturated carbocycles. The van der Waals surface area contributed by atoms with Crippen LogP contribution >= 0.6 is 0 Å². The third-order valence-corrected chi connectivity index (χ3v) is 7.09. The highest BCUT2D eigenvalue weighted by Crippen LogP contribution is 2.28. The predicted octanol–water partition coefficient (Wildman–Crippen LogP) is 3.14. The number of benzene rings is 1. The molecule has 2 aromatic rings. The van der Waals surface area contributed by atoms with Crippen molar-refractivity contribution >= 4 is 5.91 Å². The fourth-order valence-corrected chi connectivity index (χ4v) is 4.96. The predicted molar refractivity (Wildman–Crippen MR) is 150 cm³/mol. The van der Waals surface area contributed by atoms with Gasteiger partial charge in [-0.1, -0.05) is 25.3 Å². The lowest BCUT2D eigenvalue weighted by Gasteiger charge is -2.40. The lowest BCUT2D eigenvalue weighted by atomic mass is 9.99. The molecule has 2 aliphatic heterocycles. The summed E-state index contributed by atoms with van der Waals surface area (Å²) in [6.07, 6.45) is 7.82. The standard InChI is InChI=1S/C30H34F2N6O2/c1-3-27-24(7-6-21(18-33)5-4-20(2)34)29(36-19-35-27)22-16-25(31)28(26(32)17-22)30(39)38-10-8-23(9-11-38)37-12-14-40-15-13-37/h4-5,16-19,23H,2-3,8-15,33-34H2,1H3/b5-4-,21-18+. The van der Waals surface area contributed by atoms with E-state index >= 15 is 8.78 Å². The van der Waals surface area contributed by atoms with E-state index in [9.17, 15) is 4.79 Å². The normalized spacial score (nSPS) is 17.1. The molecular formula is C30H34F2N6O2. The number of carbonyl (C=O) groups is 1. The molecule has 8 nitrogen and oxygen atoms in total. The van der Waals surface area contributed by atoms with E-state index in [0.717, 1.165) is 38.1 Å². The number of rotatable bonds is 6. The molecule has 3 heterocycles. The number of nitrogens with two attached hydrogens (primary N) is 2. The molecule has 0 aliphatic carbocycles. The van der Waals surface area contributed by atoms with Crippen LogP contribution in [0.5, 0.6) is 0 Å². The first-order chi connectivity index (χ1) is 19.3. The highest BCUT2D eigenvalue weighted by molar-refractivity contribution is 5.95. The van der Waals surface area contributed by atoms with Gasteiger partial charge in [-0.25, -0.2) is 18.7 Å². The van der Waals surface area contributed by atoms with Crippen molar-refractivity contribution < 1.29 is 18.3 Å². The zero-order valence-electron chi connectivity index (χ0n) is 22.6. The topological polar surface area (TPSA) is 111 Å². The molecule has 0 radical (unpaired) electrons. The Morgan fingerprint density at radius 1 is 1.15 bits per heavy atom. The zero-order chi connectivity index (χ0) is 28.6. The summed E-state index contributed by atoms with van der Waals surface area (Å²) in [6.45, 7) is 9.50. The van der Waals surface area contributed by atoms with Crippen LogP contribution in [0, 0.1) is 23.5 Å². The number of aryl methyl sites for hydroxylation is 1. The summed E-state index contributed by atoms with van der Waals surface area (Å²) >= 11 is 0. The number of ether oxygens (including phenoxy) is 1. The van der Waals surface area contributed by atoms with Crippen molar-refractivity contribution in [1.82, 2.24) is 19.8 Å². The number of amides is 1. The van der Waals surface area contributed by atoms with E-state index in [1.165, 1.54) is 17.4 Å². The second kappa shape index (κ2) is 13.3. The van der Waals surface area contributed by atoms with Crippen LogP contribution in [0.3, 0.4) is 0 Å². The van der Waals surface area contributed by atoms with Gasteiger partial charge in [-0.15, -0.1) is 0 Å². The highest BCUT2D eigenvalue weighted by Gasteiger charge is 2.31. The van der Waals surface area contributed by atoms with E-state index in [0.29, 0.717) is 61.3 Å². The van der Waals surface area contributed by atoms with Crippen LogP contribution in [-0.4, -0.2) is 71.1 Å². The van der Waals surface area contributed by atoms with Crippen LogP contribution < -0.4 is 11.5 Å². The molecule has 2 fully saturated rings. The van der Waals surface area contributed by atoms with E-state index in [4.69, 9.17) is 16.2 Å². The number of allylic oxidation sites excluding steroid dienone is 3. The Hall–Kier alpha value is -4.07. The molecule has 4 rings (SSSR count). The van der Waals surface area contributed by atoms with Gasteiger partial charge in [0.25, 0.3) is 5.91 Å². The first-order valence-corrected chi connectivity index (χ1v) is 13.3. The largest absolute Gasteiger partial charge is 0.404 e. The third kappa shape index (κ3) is 6.73. The zero-order valence-corrected chi connectivity index (χ0v) is 22.6. The van der Waals surface area contributed by atoms with Crippen LogP contribution in [0.2, 0.25) is 0 Å². The number of carbonyl (C=O) groups excluding carboxylic acids is 1. The molecule has 0 unspecified atom stereocenters. The minimum Gasteiger partial charge on any atom is -0.404 e. The van der Waals surface area contributed by atoms with E-state index < -0.39 is 23.1 Å². The average molecular weight is 549 g/mol. The second-order valence-corrected chi connectivity index (χ2v) is 9.66. The van der Waals surface area contributed by atoms with Gasteiger partial charge in [0.1, 0.15) is 23.5 Å². The van der Waals surface area contributed by atoms with Crippen molar-refractivity contribution in [3.63, 3.8) is 0 Å². The van der Waals surface area contributed by atoms with Gasteiger partial charge in [-0.3, -0.25) is 9.69 Å². The van der Waals surface area contributed by atoms with Crippen molar-refractivity contribution in [1.29, 1.82) is 0 Å². The number of nitrogens with zero attached hydrogens (tertiary/aromatic N) is 4.